The molecular weight excluding hydrogens is 322 g/mol. The number of hydrogen-bond donors (Lipinski definition) is 3. The predicted octanol–water partition coefficient (Wildman–Crippen LogP) is 1.92. The highest BCUT2D eigenvalue weighted by Crippen LogP contribution is 2.26. The summed E-state index contributed by atoms with van der Waals surface area (Å²) in [6.07, 6.45) is 2.47. The number of aliphatic carboxylic acids is 1. The number of rotatable bonds is 3. The first-order valence-electron chi connectivity index (χ1n) is 6.48. The van der Waals surface area contributed by atoms with Crippen LogP contribution in [0.4, 0.5) is 0 Å². The maximum Gasteiger partial charge on any atom is 0.325 e. The molecule has 6 heteroatoms. The third kappa shape index (κ3) is 2.34. The molecule has 0 bridgehead atoms. The van der Waals surface area contributed by atoms with Crippen LogP contribution < -0.4 is 5.73 Å². The minimum atomic E-state index is -1.10. The largest absolute Gasteiger partial charge is 0.480 e. The standard InChI is InChI=1S/C14H16BrN3O2/c15-10-1-2-12-11(5-10)9(6-17-12)7-18-4-3-14(16,8-18)13(19)20/h1-2,5-6,17H,3-4,7-8,16H2,(H,19,20). The number of carboxylic acids is 1. The topological polar surface area (TPSA) is 82.3 Å². The molecule has 3 rings (SSSR count). The monoisotopic (exact) mass is 337 g/mol. The lowest BCUT2D eigenvalue weighted by atomic mass is 10.0. The number of hydrogen-bond acceptors (Lipinski definition) is 3. The summed E-state index contributed by atoms with van der Waals surface area (Å²) < 4.78 is 1.03. The second-order valence-corrected chi connectivity index (χ2v) is 6.34. The highest BCUT2D eigenvalue weighted by Gasteiger charge is 2.41. The molecule has 20 heavy (non-hydrogen) atoms. The Kier molecular flexibility index (Phi) is 3.32. The lowest BCUT2D eigenvalue weighted by Crippen LogP contribution is -2.50. The van der Waals surface area contributed by atoms with Crippen LogP contribution in [0, 0.1) is 0 Å². The van der Waals surface area contributed by atoms with Crippen molar-refractivity contribution in [3.8, 4) is 0 Å². The number of H-pyrrole nitrogens is 1. The fraction of sp³-hybridized carbons (Fsp3) is 0.357. The van der Waals surface area contributed by atoms with Crippen LogP contribution in [-0.2, 0) is 11.3 Å². The van der Waals surface area contributed by atoms with Gasteiger partial charge in [-0.15, -0.1) is 0 Å². The van der Waals surface area contributed by atoms with E-state index < -0.39 is 11.5 Å². The van der Waals surface area contributed by atoms with Crippen LogP contribution in [0.25, 0.3) is 10.9 Å². The number of benzene rings is 1. The Hall–Kier alpha value is -1.37. The summed E-state index contributed by atoms with van der Waals surface area (Å²) >= 11 is 3.48. The second kappa shape index (κ2) is 4.87. The molecule has 2 aromatic rings. The molecule has 0 saturated carbocycles. The van der Waals surface area contributed by atoms with Gasteiger partial charge >= 0.3 is 5.97 Å². The van der Waals surface area contributed by atoms with Crippen LogP contribution >= 0.6 is 15.9 Å². The number of aromatic amines is 1. The Labute approximate surface area is 124 Å². The summed E-state index contributed by atoms with van der Waals surface area (Å²) in [5, 5.41) is 10.3. The molecule has 1 aromatic carbocycles. The van der Waals surface area contributed by atoms with Gasteiger partial charge in [-0.3, -0.25) is 9.69 Å². The van der Waals surface area contributed by atoms with E-state index in [0.29, 0.717) is 26.1 Å². The number of carbonyl (C=O) groups is 1. The van der Waals surface area contributed by atoms with Gasteiger partial charge < -0.3 is 15.8 Å². The van der Waals surface area contributed by atoms with E-state index in [-0.39, 0.29) is 0 Å². The van der Waals surface area contributed by atoms with Crippen molar-refractivity contribution < 1.29 is 9.90 Å². The smallest absolute Gasteiger partial charge is 0.325 e. The number of likely N-dealkylation sites (tertiary alicyclic amines) is 1. The predicted molar refractivity (Wildman–Crippen MR) is 80.4 cm³/mol. The first-order chi connectivity index (χ1) is 9.48. The quantitative estimate of drug-likeness (QED) is 0.799. The Morgan fingerprint density at radius 2 is 2.35 bits per heavy atom. The van der Waals surface area contributed by atoms with Gasteiger partial charge in [0.05, 0.1) is 0 Å². The van der Waals surface area contributed by atoms with Gasteiger partial charge in [0.1, 0.15) is 5.54 Å². The van der Waals surface area contributed by atoms with Crippen molar-refractivity contribution in [3.63, 3.8) is 0 Å². The van der Waals surface area contributed by atoms with Crippen LogP contribution in [0.2, 0.25) is 0 Å². The molecule has 106 valence electrons. The normalized spacial score (nSPS) is 23.5. The lowest BCUT2D eigenvalue weighted by molar-refractivity contribution is -0.142. The van der Waals surface area contributed by atoms with E-state index in [0.717, 1.165) is 20.9 Å². The van der Waals surface area contributed by atoms with Gasteiger partial charge in [-0.1, -0.05) is 15.9 Å². The molecule has 2 heterocycles. The van der Waals surface area contributed by atoms with Crippen LogP contribution in [0.15, 0.2) is 28.9 Å². The fourth-order valence-electron chi connectivity index (χ4n) is 2.75. The van der Waals surface area contributed by atoms with E-state index in [2.05, 4.69) is 31.9 Å². The number of fused-ring (bicyclic) bond motifs is 1. The molecule has 1 aliphatic rings. The first kappa shape index (κ1) is 13.6. The Bertz CT molecular complexity index is 669. The molecule has 0 aliphatic carbocycles. The highest BCUT2D eigenvalue weighted by molar-refractivity contribution is 9.10. The molecule has 1 saturated heterocycles. The molecule has 1 unspecified atom stereocenters. The van der Waals surface area contributed by atoms with E-state index in [1.165, 1.54) is 0 Å². The van der Waals surface area contributed by atoms with Gasteiger partial charge in [0.25, 0.3) is 0 Å². The number of halogens is 1. The van der Waals surface area contributed by atoms with E-state index in [1.807, 2.05) is 18.3 Å². The zero-order chi connectivity index (χ0) is 14.3. The summed E-state index contributed by atoms with van der Waals surface area (Å²) in [4.78, 5) is 16.5. The molecule has 1 fully saturated rings. The third-order valence-electron chi connectivity index (χ3n) is 3.93. The van der Waals surface area contributed by atoms with Crippen molar-refractivity contribution in [2.24, 2.45) is 5.73 Å². The zero-order valence-corrected chi connectivity index (χ0v) is 12.5. The van der Waals surface area contributed by atoms with Crippen LogP contribution in [-0.4, -0.2) is 39.6 Å². The summed E-state index contributed by atoms with van der Waals surface area (Å²) in [7, 11) is 0. The number of nitrogens with two attached hydrogens (primary N) is 1. The third-order valence-corrected chi connectivity index (χ3v) is 4.42. The van der Waals surface area contributed by atoms with E-state index >= 15 is 0 Å². The summed E-state index contributed by atoms with van der Waals surface area (Å²) in [6.45, 7) is 1.81. The molecular formula is C14H16BrN3O2. The van der Waals surface area contributed by atoms with Crippen molar-refractivity contribution in [2.75, 3.05) is 13.1 Å². The maximum atomic E-state index is 11.2. The Morgan fingerprint density at radius 1 is 1.55 bits per heavy atom. The molecule has 1 atom stereocenters. The van der Waals surface area contributed by atoms with E-state index in [1.54, 1.807) is 0 Å². The second-order valence-electron chi connectivity index (χ2n) is 5.43. The Balaban J connectivity index is 1.81. The van der Waals surface area contributed by atoms with Crippen molar-refractivity contribution in [3.05, 3.63) is 34.4 Å². The number of nitrogens with zero attached hydrogens (tertiary/aromatic N) is 1. The van der Waals surface area contributed by atoms with Gasteiger partial charge in [-0.25, -0.2) is 0 Å². The number of nitrogens with one attached hydrogen (secondary N) is 1. The summed E-state index contributed by atoms with van der Waals surface area (Å²) in [5.74, 6) is -0.915. The first-order valence-corrected chi connectivity index (χ1v) is 7.27. The minimum Gasteiger partial charge on any atom is -0.480 e. The molecule has 1 aliphatic heterocycles. The molecule has 5 nitrogen and oxygen atoms in total. The Morgan fingerprint density at radius 3 is 3.05 bits per heavy atom. The maximum absolute atomic E-state index is 11.2. The molecule has 0 radical (unpaired) electrons. The van der Waals surface area contributed by atoms with Crippen LogP contribution in [0.1, 0.15) is 12.0 Å². The average molecular weight is 338 g/mol. The minimum absolute atomic E-state index is 0.392. The van der Waals surface area contributed by atoms with Crippen LogP contribution in [0.3, 0.4) is 0 Å². The van der Waals surface area contributed by atoms with Gasteiger partial charge in [-0.05, 0) is 30.2 Å². The van der Waals surface area contributed by atoms with E-state index in [9.17, 15) is 4.79 Å². The summed E-state index contributed by atoms with van der Waals surface area (Å²) in [6, 6.07) is 6.09. The van der Waals surface area contributed by atoms with Gasteiger partial charge in [0.15, 0.2) is 0 Å². The lowest BCUT2D eigenvalue weighted by Gasteiger charge is -2.19. The summed E-state index contributed by atoms with van der Waals surface area (Å²) in [5.41, 5.74) is 7.04. The van der Waals surface area contributed by atoms with Gasteiger partial charge in [-0.2, -0.15) is 0 Å². The van der Waals surface area contributed by atoms with Crippen molar-refractivity contribution >= 4 is 32.8 Å². The highest BCUT2D eigenvalue weighted by atomic mass is 79.9. The van der Waals surface area contributed by atoms with Crippen molar-refractivity contribution in [2.45, 2.75) is 18.5 Å². The average Bonchev–Trinajstić information content (AvgIpc) is 2.96. The van der Waals surface area contributed by atoms with Gasteiger partial charge in [0.2, 0.25) is 0 Å². The van der Waals surface area contributed by atoms with Crippen molar-refractivity contribution in [1.29, 1.82) is 0 Å². The molecule has 0 spiro atoms. The SMILES string of the molecule is NC1(C(=O)O)CCN(Cc2c[nH]c3ccc(Br)cc23)C1. The van der Waals surface area contributed by atoms with Crippen LogP contribution in [0.5, 0.6) is 0 Å². The fourth-order valence-corrected chi connectivity index (χ4v) is 3.11. The molecule has 0 amide bonds. The van der Waals surface area contributed by atoms with Gasteiger partial charge in [0, 0.05) is 41.2 Å². The molecule has 4 N–H and O–H groups in total. The number of carboxylic acid groups (broad SMARTS) is 1. The van der Waals surface area contributed by atoms with Crippen molar-refractivity contribution in [1.82, 2.24) is 9.88 Å². The zero-order valence-electron chi connectivity index (χ0n) is 10.9. The molecule has 1 aromatic heterocycles. The van der Waals surface area contributed by atoms with E-state index in [4.69, 9.17) is 10.8 Å². The number of aromatic nitrogens is 1.